The van der Waals surface area contributed by atoms with Gasteiger partial charge >= 0.3 is 0 Å². The molecule has 36 heavy (non-hydrogen) atoms. The fourth-order valence-corrected chi connectivity index (χ4v) is 5.79. The molecule has 6 heteroatoms. The highest BCUT2D eigenvalue weighted by molar-refractivity contribution is 7.12. The predicted molar refractivity (Wildman–Crippen MR) is 146 cm³/mol. The number of likely N-dealkylation sites (tertiary alicyclic amines) is 1. The minimum atomic E-state index is 0.168. The molecule has 0 bridgehead atoms. The third-order valence-electron chi connectivity index (χ3n) is 6.85. The van der Waals surface area contributed by atoms with Crippen LogP contribution in [0.1, 0.15) is 46.5 Å². The van der Waals surface area contributed by atoms with Crippen LogP contribution in [0.3, 0.4) is 0 Å². The topological polar surface area (TPSA) is 45.7 Å². The van der Waals surface area contributed by atoms with E-state index >= 15 is 0 Å². The summed E-state index contributed by atoms with van der Waals surface area (Å²) in [4.78, 5) is 22.7. The van der Waals surface area contributed by atoms with E-state index in [1.165, 1.54) is 34.3 Å². The lowest BCUT2D eigenvalue weighted by Gasteiger charge is -2.35. The zero-order valence-corrected chi connectivity index (χ0v) is 21.6. The van der Waals surface area contributed by atoms with E-state index < -0.39 is 0 Å². The van der Waals surface area contributed by atoms with E-state index in [9.17, 15) is 4.79 Å². The summed E-state index contributed by atoms with van der Waals surface area (Å²) >= 11 is 1.52. The van der Waals surface area contributed by atoms with Gasteiger partial charge in [0.05, 0.1) is 17.0 Å². The minimum Gasteiger partial charge on any atom is -0.494 e. The molecule has 1 saturated heterocycles. The standard InChI is InChI=1S/C30H33N3O2S/c1-32(22-25-10-5-9-24-11-6-16-31-29(24)25)21-23-8-4-13-27(20-23)35-18-15-26-12-2-3-17-33(26)30(34)28-14-7-19-36-28/h4-11,13-14,16,19-20,26H,2-3,12,15,17-18,21-22H2,1H3/t26-/m1/s1. The average molecular weight is 500 g/mol. The number of piperidine rings is 1. The number of benzene rings is 2. The number of carbonyl (C=O) groups is 1. The third kappa shape index (κ3) is 5.94. The number of ether oxygens (including phenoxy) is 1. The molecule has 3 heterocycles. The van der Waals surface area contributed by atoms with Crippen LogP contribution in [0, 0.1) is 0 Å². The van der Waals surface area contributed by atoms with E-state index in [-0.39, 0.29) is 11.9 Å². The maximum atomic E-state index is 12.9. The number of carbonyl (C=O) groups excluding carboxylic acids is 1. The highest BCUT2D eigenvalue weighted by Gasteiger charge is 2.27. The van der Waals surface area contributed by atoms with Gasteiger partial charge in [0.25, 0.3) is 5.91 Å². The summed E-state index contributed by atoms with van der Waals surface area (Å²) in [5.74, 6) is 1.06. The molecule has 1 atom stereocenters. The number of para-hydroxylation sites is 1. The lowest BCUT2D eigenvalue weighted by molar-refractivity contribution is 0.0585. The smallest absolute Gasteiger partial charge is 0.264 e. The van der Waals surface area contributed by atoms with Crippen LogP contribution in [-0.2, 0) is 13.1 Å². The molecule has 1 aliphatic rings. The Morgan fingerprint density at radius 2 is 1.97 bits per heavy atom. The number of amides is 1. The summed E-state index contributed by atoms with van der Waals surface area (Å²) in [6.45, 7) is 3.11. The lowest BCUT2D eigenvalue weighted by atomic mass is 9.99. The van der Waals surface area contributed by atoms with Crippen molar-refractivity contribution in [3.05, 3.63) is 94.3 Å². The summed E-state index contributed by atoms with van der Waals surface area (Å²) < 4.78 is 6.16. The van der Waals surface area contributed by atoms with Crippen molar-refractivity contribution in [1.29, 1.82) is 0 Å². The molecule has 2 aromatic carbocycles. The first-order valence-corrected chi connectivity index (χ1v) is 13.6. The van der Waals surface area contributed by atoms with E-state index in [0.29, 0.717) is 6.61 Å². The van der Waals surface area contributed by atoms with Crippen molar-refractivity contribution in [1.82, 2.24) is 14.8 Å². The maximum absolute atomic E-state index is 12.9. The number of aromatic nitrogens is 1. The molecule has 4 aromatic rings. The number of pyridine rings is 1. The van der Waals surface area contributed by atoms with Crippen LogP contribution >= 0.6 is 11.3 Å². The molecule has 0 unspecified atom stereocenters. The predicted octanol–water partition coefficient (Wildman–Crippen LogP) is 6.39. The lowest BCUT2D eigenvalue weighted by Crippen LogP contribution is -2.44. The second kappa shape index (κ2) is 11.7. The van der Waals surface area contributed by atoms with Crippen molar-refractivity contribution in [2.75, 3.05) is 20.2 Å². The van der Waals surface area contributed by atoms with Gasteiger partial charge in [-0.1, -0.05) is 42.5 Å². The molecule has 1 aliphatic heterocycles. The quantitative estimate of drug-likeness (QED) is 0.268. The second-order valence-corrected chi connectivity index (χ2v) is 10.5. The van der Waals surface area contributed by atoms with Crippen molar-refractivity contribution in [3.8, 4) is 5.75 Å². The van der Waals surface area contributed by atoms with Gasteiger partial charge in [0.2, 0.25) is 0 Å². The monoisotopic (exact) mass is 499 g/mol. The number of fused-ring (bicyclic) bond motifs is 1. The van der Waals surface area contributed by atoms with Gasteiger partial charge in [-0.25, -0.2) is 0 Å². The number of hydrogen-bond donors (Lipinski definition) is 0. The summed E-state index contributed by atoms with van der Waals surface area (Å²) in [5, 5.41) is 3.14. The van der Waals surface area contributed by atoms with Gasteiger partial charge < -0.3 is 9.64 Å². The van der Waals surface area contributed by atoms with Crippen LogP contribution in [-0.4, -0.2) is 46.9 Å². The zero-order valence-electron chi connectivity index (χ0n) is 20.8. The molecule has 0 radical (unpaired) electrons. The molecule has 1 fully saturated rings. The van der Waals surface area contributed by atoms with Crippen LogP contribution in [0.15, 0.2) is 78.3 Å². The summed E-state index contributed by atoms with van der Waals surface area (Å²) in [6.07, 6.45) is 6.02. The number of thiophene rings is 1. The van der Waals surface area contributed by atoms with E-state index in [1.807, 2.05) is 35.8 Å². The van der Waals surface area contributed by atoms with Gasteiger partial charge in [-0.3, -0.25) is 14.7 Å². The molecule has 2 aromatic heterocycles. The van der Waals surface area contributed by atoms with Crippen LogP contribution in [0.4, 0.5) is 0 Å². The maximum Gasteiger partial charge on any atom is 0.264 e. The number of rotatable bonds is 9. The number of hydrogen-bond acceptors (Lipinski definition) is 5. The summed E-state index contributed by atoms with van der Waals surface area (Å²) in [7, 11) is 2.14. The Balaban J connectivity index is 1.15. The van der Waals surface area contributed by atoms with Crippen molar-refractivity contribution < 1.29 is 9.53 Å². The Morgan fingerprint density at radius 3 is 2.86 bits per heavy atom. The zero-order chi connectivity index (χ0) is 24.7. The first-order chi connectivity index (χ1) is 17.7. The summed E-state index contributed by atoms with van der Waals surface area (Å²) in [5.41, 5.74) is 3.52. The Kier molecular flexibility index (Phi) is 7.94. The normalized spacial score (nSPS) is 15.9. The first-order valence-electron chi connectivity index (χ1n) is 12.7. The van der Waals surface area contributed by atoms with Gasteiger partial charge in [-0.15, -0.1) is 11.3 Å². The molecule has 5 nitrogen and oxygen atoms in total. The first kappa shape index (κ1) is 24.5. The Labute approximate surface area is 217 Å². The van der Waals surface area contributed by atoms with Gasteiger partial charge in [-0.05, 0) is 67.1 Å². The highest BCUT2D eigenvalue weighted by atomic mass is 32.1. The average Bonchev–Trinajstić information content (AvgIpc) is 3.44. The van der Waals surface area contributed by atoms with Gasteiger partial charge in [-0.2, -0.15) is 0 Å². The second-order valence-electron chi connectivity index (χ2n) is 9.57. The number of nitrogens with zero attached hydrogens (tertiary/aromatic N) is 3. The van der Waals surface area contributed by atoms with Crippen LogP contribution in [0.2, 0.25) is 0 Å². The van der Waals surface area contributed by atoms with E-state index in [4.69, 9.17) is 4.74 Å². The third-order valence-corrected chi connectivity index (χ3v) is 7.71. The van der Waals surface area contributed by atoms with Gasteiger partial charge in [0.1, 0.15) is 5.75 Å². The largest absolute Gasteiger partial charge is 0.494 e. The molecular formula is C30H33N3O2S. The van der Waals surface area contributed by atoms with Crippen molar-refractivity contribution in [2.24, 2.45) is 0 Å². The molecular weight excluding hydrogens is 466 g/mol. The van der Waals surface area contributed by atoms with Crippen LogP contribution in [0.25, 0.3) is 10.9 Å². The Morgan fingerprint density at radius 1 is 1.08 bits per heavy atom. The van der Waals surface area contributed by atoms with Crippen LogP contribution < -0.4 is 4.74 Å². The fraction of sp³-hybridized carbons (Fsp3) is 0.333. The van der Waals surface area contributed by atoms with E-state index in [2.05, 4.69) is 64.3 Å². The van der Waals surface area contributed by atoms with E-state index in [0.717, 1.165) is 55.0 Å². The Hall–Kier alpha value is -3.22. The Bertz CT molecular complexity index is 1290. The van der Waals surface area contributed by atoms with Crippen molar-refractivity contribution >= 4 is 28.1 Å². The van der Waals surface area contributed by atoms with E-state index in [1.54, 1.807) is 0 Å². The van der Waals surface area contributed by atoms with Crippen molar-refractivity contribution in [3.63, 3.8) is 0 Å². The molecule has 0 N–H and O–H groups in total. The molecule has 5 rings (SSSR count). The van der Waals surface area contributed by atoms with Crippen molar-refractivity contribution in [2.45, 2.75) is 44.8 Å². The SMILES string of the molecule is CN(Cc1cccc(OCC[C@H]2CCCCN2C(=O)c2cccs2)c1)Cc1cccc2cccnc12. The molecule has 1 amide bonds. The fourth-order valence-electron chi connectivity index (χ4n) is 5.11. The minimum absolute atomic E-state index is 0.168. The summed E-state index contributed by atoms with van der Waals surface area (Å²) in [6, 6.07) is 22.9. The molecule has 0 spiro atoms. The molecule has 186 valence electrons. The van der Waals surface area contributed by atoms with Crippen LogP contribution in [0.5, 0.6) is 5.75 Å². The van der Waals surface area contributed by atoms with Gasteiger partial charge in [0.15, 0.2) is 0 Å². The van der Waals surface area contributed by atoms with Gasteiger partial charge in [0, 0.05) is 43.7 Å². The highest BCUT2D eigenvalue weighted by Crippen LogP contribution is 2.25. The molecule has 0 saturated carbocycles. The molecule has 0 aliphatic carbocycles.